The summed E-state index contributed by atoms with van der Waals surface area (Å²) >= 11 is 0. The lowest BCUT2D eigenvalue weighted by atomic mass is 10.1. The zero-order valence-corrected chi connectivity index (χ0v) is 10.3. The first kappa shape index (κ1) is 11.5. The van der Waals surface area contributed by atoms with Crippen LogP contribution in [0.4, 0.5) is 11.4 Å². The van der Waals surface area contributed by atoms with Crippen molar-refractivity contribution in [2.45, 2.75) is 0 Å². The number of ether oxygens (including phenoxy) is 1. The Morgan fingerprint density at radius 3 is 2.32 bits per heavy atom. The lowest BCUT2D eigenvalue weighted by molar-refractivity contribution is 0.111. The minimum atomic E-state index is 0.570. The van der Waals surface area contributed by atoms with E-state index in [-0.39, 0.29) is 0 Å². The maximum atomic E-state index is 10.8. The molecule has 4 nitrogen and oxygen atoms in total. The first-order valence-electron chi connectivity index (χ1n) is 5.83. The van der Waals surface area contributed by atoms with Crippen LogP contribution in [0.5, 0.6) is 11.5 Å². The van der Waals surface area contributed by atoms with Crippen LogP contribution in [0.15, 0.2) is 36.4 Å². The van der Waals surface area contributed by atoms with Gasteiger partial charge >= 0.3 is 0 Å². The molecule has 0 amide bonds. The predicted molar refractivity (Wildman–Crippen MR) is 71.8 cm³/mol. The molecule has 0 bridgehead atoms. The van der Waals surface area contributed by atoms with Crippen LogP contribution < -0.4 is 9.64 Å². The molecule has 0 saturated carbocycles. The molecule has 2 aromatic rings. The SMILES string of the molecule is CN1c2ccc(C=O)cc2Oc2ccc(C=O)cc21. The number of carbonyl (C=O) groups is 2. The van der Waals surface area contributed by atoms with Gasteiger partial charge in [0.15, 0.2) is 11.5 Å². The van der Waals surface area contributed by atoms with Crippen molar-refractivity contribution in [2.75, 3.05) is 11.9 Å². The van der Waals surface area contributed by atoms with Gasteiger partial charge in [0.05, 0.1) is 11.4 Å². The molecule has 0 radical (unpaired) electrons. The summed E-state index contributed by atoms with van der Waals surface area (Å²) in [7, 11) is 1.90. The number of anilines is 2. The molecule has 0 aliphatic carbocycles. The number of hydrogen-bond acceptors (Lipinski definition) is 4. The summed E-state index contributed by atoms with van der Waals surface area (Å²) in [6.07, 6.45) is 1.59. The third-order valence-electron chi connectivity index (χ3n) is 3.18. The number of nitrogens with zero attached hydrogens (tertiary/aromatic N) is 1. The van der Waals surface area contributed by atoms with Gasteiger partial charge in [-0.15, -0.1) is 0 Å². The highest BCUT2D eigenvalue weighted by Gasteiger charge is 2.22. The summed E-state index contributed by atoms with van der Waals surface area (Å²) in [4.78, 5) is 23.6. The molecule has 1 heterocycles. The van der Waals surface area contributed by atoms with Gasteiger partial charge in [-0.25, -0.2) is 0 Å². The van der Waals surface area contributed by atoms with Crippen molar-refractivity contribution in [3.8, 4) is 11.5 Å². The molecule has 0 N–H and O–H groups in total. The molecule has 0 aromatic heterocycles. The number of rotatable bonds is 2. The molecular formula is C15H11NO3. The van der Waals surface area contributed by atoms with Crippen molar-refractivity contribution in [3.63, 3.8) is 0 Å². The maximum absolute atomic E-state index is 10.8. The Kier molecular flexibility index (Phi) is 2.56. The van der Waals surface area contributed by atoms with Crippen LogP contribution in [0.25, 0.3) is 0 Å². The topological polar surface area (TPSA) is 46.6 Å². The Hall–Kier alpha value is -2.62. The van der Waals surface area contributed by atoms with E-state index >= 15 is 0 Å². The average Bonchev–Trinajstić information content (AvgIpc) is 2.46. The van der Waals surface area contributed by atoms with E-state index in [1.165, 1.54) is 0 Å². The van der Waals surface area contributed by atoms with Crippen LogP contribution in [-0.4, -0.2) is 19.6 Å². The van der Waals surface area contributed by atoms with Crippen molar-refractivity contribution < 1.29 is 14.3 Å². The van der Waals surface area contributed by atoms with Gasteiger partial charge in [0.2, 0.25) is 0 Å². The van der Waals surface area contributed by atoms with E-state index in [1.807, 2.05) is 18.0 Å². The molecule has 0 saturated heterocycles. The Bertz CT molecular complexity index is 679. The molecule has 1 aliphatic rings. The summed E-state index contributed by atoms with van der Waals surface area (Å²) in [6.45, 7) is 0. The van der Waals surface area contributed by atoms with Crippen molar-refractivity contribution >= 4 is 23.9 Å². The average molecular weight is 253 g/mol. The van der Waals surface area contributed by atoms with Crippen LogP contribution in [0, 0.1) is 0 Å². The summed E-state index contributed by atoms with van der Waals surface area (Å²) in [5.41, 5.74) is 2.86. The Morgan fingerprint density at radius 1 is 0.895 bits per heavy atom. The van der Waals surface area contributed by atoms with Crippen molar-refractivity contribution in [3.05, 3.63) is 47.5 Å². The van der Waals surface area contributed by atoms with E-state index < -0.39 is 0 Å². The monoisotopic (exact) mass is 253 g/mol. The third-order valence-corrected chi connectivity index (χ3v) is 3.18. The summed E-state index contributed by atoms with van der Waals surface area (Å²) in [5.74, 6) is 1.31. The minimum absolute atomic E-state index is 0.570. The van der Waals surface area contributed by atoms with Crippen LogP contribution in [0.2, 0.25) is 0 Å². The summed E-state index contributed by atoms with van der Waals surface area (Å²) in [6, 6.07) is 10.5. The van der Waals surface area contributed by atoms with Gasteiger partial charge in [-0.3, -0.25) is 9.59 Å². The van der Waals surface area contributed by atoms with Crippen molar-refractivity contribution in [1.82, 2.24) is 0 Å². The highest BCUT2D eigenvalue weighted by molar-refractivity contribution is 5.85. The first-order chi connectivity index (χ1) is 9.22. The van der Waals surface area contributed by atoms with Gasteiger partial charge in [-0.1, -0.05) is 0 Å². The summed E-state index contributed by atoms with van der Waals surface area (Å²) < 4.78 is 5.77. The minimum Gasteiger partial charge on any atom is -0.453 e. The van der Waals surface area contributed by atoms with Gasteiger partial charge in [0, 0.05) is 18.2 Å². The number of carbonyl (C=O) groups excluding carboxylic acids is 2. The smallest absolute Gasteiger partial charge is 0.151 e. The molecule has 0 fully saturated rings. The zero-order valence-electron chi connectivity index (χ0n) is 10.3. The molecular weight excluding hydrogens is 242 g/mol. The van der Waals surface area contributed by atoms with Gasteiger partial charge < -0.3 is 9.64 Å². The van der Waals surface area contributed by atoms with Crippen LogP contribution >= 0.6 is 0 Å². The van der Waals surface area contributed by atoms with E-state index in [2.05, 4.69) is 0 Å². The summed E-state index contributed by atoms with van der Waals surface area (Å²) in [5, 5.41) is 0. The molecule has 0 atom stereocenters. The van der Waals surface area contributed by atoms with Crippen molar-refractivity contribution in [1.29, 1.82) is 0 Å². The van der Waals surface area contributed by atoms with Crippen LogP contribution in [-0.2, 0) is 0 Å². The van der Waals surface area contributed by atoms with E-state index in [9.17, 15) is 9.59 Å². The predicted octanol–water partition coefficient (Wildman–Crippen LogP) is 3.19. The second-order valence-corrected chi connectivity index (χ2v) is 4.35. The highest BCUT2D eigenvalue weighted by Crippen LogP contribution is 2.45. The van der Waals surface area contributed by atoms with E-state index in [4.69, 9.17) is 4.74 Å². The van der Waals surface area contributed by atoms with Crippen LogP contribution in [0.3, 0.4) is 0 Å². The van der Waals surface area contributed by atoms with Crippen LogP contribution in [0.1, 0.15) is 20.7 Å². The van der Waals surface area contributed by atoms with Gasteiger partial charge in [0.25, 0.3) is 0 Å². The fraction of sp³-hybridized carbons (Fsp3) is 0.0667. The zero-order chi connectivity index (χ0) is 13.4. The second kappa shape index (κ2) is 4.24. The normalized spacial score (nSPS) is 12.2. The molecule has 1 aliphatic heterocycles. The molecule has 3 rings (SSSR count). The number of benzene rings is 2. The van der Waals surface area contributed by atoms with E-state index in [1.54, 1.807) is 30.3 Å². The molecule has 0 unspecified atom stereocenters. The molecule has 94 valence electrons. The fourth-order valence-corrected chi connectivity index (χ4v) is 2.17. The Labute approximate surface area is 110 Å². The van der Waals surface area contributed by atoms with E-state index in [0.717, 1.165) is 23.9 Å². The Balaban J connectivity index is 2.13. The van der Waals surface area contributed by atoms with Crippen molar-refractivity contribution in [2.24, 2.45) is 0 Å². The standard InChI is InChI=1S/C15H11NO3/c1-16-12-4-2-11(9-18)7-15(12)19-14-5-3-10(8-17)6-13(14)16/h2-9H,1H3. The lowest BCUT2D eigenvalue weighted by Gasteiger charge is -2.29. The fourth-order valence-electron chi connectivity index (χ4n) is 2.17. The number of aldehydes is 2. The largest absolute Gasteiger partial charge is 0.453 e. The molecule has 19 heavy (non-hydrogen) atoms. The lowest BCUT2D eigenvalue weighted by Crippen LogP contribution is -2.16. The number of fused-ring (bicyclic) bond motifs is 2. The molecule has 0 spiro atoms. The highest BCUT2D eigenvalue weighted by atomic mass is 16.5. The molecule has 4 heteroatoms. The first-order valence-corrected chi connectivity index (χ1v) is 5.83. The quantitative estimate of drug-likeness (QED) is 0.771. The maximum Gasteiger partial charge on any atom is 0.151 e. The van der Waals surface area contributed by atoms with Gasteiger partial charge in [-0.2, -0.15) is 0 Å². The van der Waals surface area contributed by atoms with Gasteiger partial charge in [0.1, 0.15) is 12.6 Å². The Morgan fingerprint density at radius 2 is 1.58 bits per heavy atom. The molecule has 2 aromatic carbocycles. The van der Waals surface area contributed by atoms with Gasteiger partial charge in [-0.05, 0) is 36.4 Å². The van der Waals surface area contributed by atoms with E-state index in [0.29, 0.717) is 22.6 Å². The number of hydrogen-bond donors (Lipinski definition) is 0. The second-order valence-electron chi connectivity index (χ2n) is 4.35. The third kappa shape index (κ3) is 1.78.